The lowest BCUT2D eigenvalue weighted by molar-refractivity contribution is -0.120. The van der Waals surface area contributed by atoms with Gasteiger partial charge in [0.05, 0.1) is 5.56 Å². The topological polar surface area (TPSA) is 85.1 Å². The van der Waals surface area contributed by atoms with Crippen molar-refractivity contribution in [1.29, 1.82) is 0 Å². The quantitative estimate of drug-likeness (QED) is 0.815. The third kappa shape index (κ3) is 3.80. The second-order valence-corrected chi connectivity index (χ2v) is 5.05. The number of pyridine rings is 1. The summed E-state index contributed by atoms with van der Waals surface area (Å²) in [5.41, 5.74) is 5.03. The number of rotatable bonds is 5. The number of aromatic nitrogens is 1. The Hall–Kier alpha value is -1.40. The molecule has 8 heteroatoms. The molecule has 1 aromatic rings. The predicted molar refractivity (Wildman–Crippen MR) is 74.1 cm³/mol. The average molecular weight is 322 g/mol. The maximum absolute atomic E-state index is 13.3. The van der Waals surface area contributed by atoms with Crippen LogP contribution in [0.2, 0.25) is 10.3 Å². The lowest BCUT2D eigenvalue weighted by atomic mass is 9.98. The summed E-state index contributed by atoms with van der Waals surface area (Å²) in [5.74, 6) is -2.45. The van der Waals surface area contributed by atoms with Crippen molar-refractivity contribution in [2.75, 3.05) is 0 Å². The summed E-state index contributed by atoms with van der Waals surface area (Å²) in [7, 11) is 0. The maximum atomic E-state index is 13.3. The van der Waals surface area contributed by atoms with E-state index in [1.54, 1.807) is 6.92 Å². The van der Waals surface area contributed by atoms with Crippen LogP contribution in [0.4, 0.5) is 4.39 Å². The van der Waals surface area contributed by atoms with E-state index < -0.39 is 28.8 Å². The van der Waals surface area contributed by atoms with Crippen molar-refractivity contribution in [1.82, 2.24) is 10.3 Å². The second kappa shape index (κ2) is 6.85. The van der Waals surface area contributed by atoms with Crippen molar-refractivity contribution in [2.45, 2.75) is 26.3 Å². The number of amides is 2. The monoisotopic (exact) mass is 321 g/mol. The highest BCUT2D eigenvalue weighted by Crippen LogP contribution is 2.20. The van der Waals surface area contributed by atoms with Gasteiger partial charge in [-0.15, -0.1) is 0 Å². The van der Waals surface area contributed by atoms with Crippen LogP contribution < -0.4 is 11.1 Å². The van der Waals surface area contributed by atoms with Gasteiger partial charge in [-0.05, 0) is 12.0 Å². The molecule has 0 fully saturated rings. The van der Waals surface area contributed by atoms with E-state index in [9.17, 15) is 14.0 Å². The molecule has 3 N–H and O–H groups in total. The molecular formula is C12H14Cl2FN3O2. The molecule has 0 aliphatic heterocycles. The molecular weight excluding hydrogens is 308 g/mol. The molecule has 1 heterocycles. The van der Waals surface area contributed by atoms with Gasteiger partial charge < -0.3 is 11.1 Å². The van der Waals surface area contributed by atoms with Crippen molar-refractivity contribution in [3.05, 3.63) is 27.8 Å². The average Bonchev–Trinajstić information content (AvgIpc) is 2.38. The Balaban J connectivity index is 3.01. The standard InChI is InChI=1S/C12H14Cl2FN3O2/c1-3-5(2)8(11(16)19)17-12(20)6-4-7(15)10(14)18-9(6)13/h4-5,8H,3H2,1-2H3,(H2,16,19)(H,17,20)/t5-,8+/m0/s1. The molecule has 110 valence electrons. The summed E-state index contributed by atoms with van der Waals surface area (Å²) in [5, 5.41) is 1.74. The van der Waals surface area contributed by atoms with Gasteiger partial charge in [0, 0.05) is 0 Å². The van der Waals surface area contributed by atoms with Crippen molar-refractivity contribution < 1.29 is 14.0 Å². The van der Waals surface area contributed by atoms with Crippen LogP contribution in [0.25, 0.3) is 0 Å². The number of carbonyl (C=O) groups is 2. The molecule has 1 rings (SSSR count). The molecule has 2 atom stereocenters. The number of hydrogen-bond donors (Lipinski definition) is 2. The minimum Gasteiger partial charge on any atom is -0.368 e. The van der Waals surface area contributed by atoms with Gasteiger partial charge in [0.25, 0.3) is 5.91 Å². The van der Waals surface area contributed by atoms with E-state index in [2.05, 4.69) is 10.3 Å². The van der Waals surface area contributed by atoms with Gasteiger partial charge in [0.2, 0.25) is 5.91 Å². The van der Waals surface area contributed by atoms with Crippen LogP contribution in [0, 0.1) is 11.7 Å². The van der Waals surface area contributed by atoms with E-state index in [4.69, 9.17) is 28.9 Å². The number of nitrogens with zero attached hydrogens (tertiary/aromatic N) is 1. The number of hydrogen-bond acceptors (Lipinski definition) is 3. The zero-order chi connectivity index (χ0) is 15.4. The van der Waals surface area contributed by atoms with Crippen LogP contribution >= 0.6 is 23.2 Å². The predicted octanol–water partition coefficient (Wildman–Crippen LogP) is 2.16. The Kier molecular flexibility index (Phi) is 5.71. The van der Waals surface area contributed by atoms with Gasteiger partial charge in [-0.25, -0.2) is 9.37 Å². The first-order valence-electron chi connectivity index (χ1n) is 5.89. The van der Waals surface area contributed by atoms with Crippen molar-refractivity contribution in [3.8, 4) is 0 Å². The fraction of sp³-hybridized carbons (Fsp3) is 0.417. The van der Waals surface area contributed by atoms with Crippen molar-refractivity contribution in [2.24, 2.45) is 11.7 Å². The Labute approximate surface area is 125 Å². The molecule has 0 saturated heterocycles. The highest BCUT2D eigenvalue weighted by molar-refractivity contribution is 6.34. The number of carbonyl (C=O) groups excluding carboxylic acids is 2. The summed E-state index contributed by atoms with van der Waals surface area (Å²) in [6.45, 7) is 3.61. The Morgan fingerprint density at radius 3 is 2.55 bits per heavy atom. The number of nitrogens with one attached hydrogen (secondary N) is 1. The largest absolute Gasteiger partial charge is 0.368 e. The van der Waals surface area contributed by atoms with Gasteiger partial charge in [0.1, 0.15) is 11.2 Å². The van der Waals surface area contributed by atoms with E-state index in [1.165, 1.54) is 0 Å². The molecule has 0 bridgehead atoms. The minimum absolute atomic E-state index is 0.166. The fourth-order valence-corrected chi connectivity index (χ4v) is 1.96. The molecule has 1 aromatic heterocycles. The maximum Gasteiger partial charge on any atom is 0.255 e. The van der Waals surface area contributed by atoms with Gasteiger partial charge in [-0.1, -0.05) is 43.5 Å². The second-order valence-electron chi connectivity index (χ2n) is 4.34. The van der Waals surface area contributed by atoms with Crippen LogP contribution in [0.1, 0.15) is 30.6 Å². The molecule has 2 amide bonds. The summed E-state index contributed by atoms with van der Waals surface area (Å²) < 4.78 is 13.3. The molecule has 20 heavy (non-hydrogen) atoms. The van der Waals surface area contributed by atoms with Crippen LogP contribution in [0.5, 0.6) is 0 Å². The highest BCUT2D eigenvalue weighted by Gasteiger charge is 2.25. The summed E-state index contributed by atoms with van der Waals surface area (Å²) >= 11 is 11.2. The molecule has 0 aliphatic rings. The first-order valence-corrected chi connectivity index (χ1v) is 6.65. The Bertz CT molecular complexity index is 540. The Morgan fingerprint density at radius 2 is 2.05 bits per heavy atom. The first-order chi connectivity index (χ1) is 9.27. The molecule has 0 spiro atoms. The van der Waals surface area contributed by atoms with E-state index >= 15 is 0 Å². The third-order valence-corrected chi connectivity index (χ3v) is 3.49. The number of halogens is 3. The highest BCUT2D eigenvalue weighted by atomic mass is 35.5. The molecule has 0 saturated carbocycles. The van der Waals surface area contributed by atoms with Crippen molar-refractivity contribution in [3.63, 3.8) is 0 Å². The van der Waals surface area contributed by atoms with Crippen LogP contribution in [0.3, 0.4) is 0 Å². The number of primary amides is 1. The number of nitrogens with two attached hydrogens (primary N) is 1. The van der Waals surface area contributed by atoms with E-state index in [1.807, 2.05) is 6.92 Å². The Morgan fingerprint density at radius 1 is 1.45 bits per heavy atom. The van der Waals surface area contributed by atoms with E-state index in [0.29, 0.717) is 6.42 Å². The van der Waals surface area contributed by atoms with Gasteiger partial charge in [-0.3, -0.25) is 9.59 Å². The summed E-state index contributed by atoms with van der Waals surface area (Å²) in [6, 6.07) is -0.0101. The van der Waals surface area contributed by atoms with Crippen molar-refractivity contribution >= 4 is 35.0 Å². The fourth-order valence-electron chi connectivity index (χ4n) is 1.55. The van der Waals surface area contributed by atoms with Gasteiger partial charge in [0.15, 0.2) is 11.0 Å². The SMILES string of the molecule is CC[C@H](C)[C@@H](NC(=O)c1cc(F)c(Cl)nc1Cl)C(N)=O. The lowest BCUT2D eigenvalue weighted by Crippen LogP contribution is -2.48. The van der Waals surface area contributed by atoms with E-state index in [0.717, 1.165) is 6.07 Å². The summed E-state index contributed by atoms with van der Waals surface area (Å²) in [6.07, 6.45) is 0.634. The lowest BCUT2D eigenvalue weighted by Gasteiger charge is -2.21. The minimum atomic E-state index is -0.875. The molecule has 0 unspecified atom stereocenters. The molecule has 0 aliphatic carbocycles. The zero-order valence-corrected chi connectivity index (χ0v) is 12.4. The summed E-state index contributed by atoms with van der Waals surface area (Å²) in [4.78, 5) is 26.8. The normalized spacial score (nSPS) is 13.7. The van der Waals surface area contributed by atoms with Gasteiger partial charge in [-0.2, -0.15) is 0 Å². The third-order valence-electron chi connectivity index (χ3n) is 2.94. The van der Waals surface area contributed by atoms with Gasteiger partial charge >= 0.3 is 0 Å². The molecule has 0 radical (unpaired) electrons. The molecule has 5 nitrogen and oxygen atoms in total. The van der Waals surface area contributed by atoms with Crippen LogP contribution in [-0.2, 0) is 4.79 Å². The van der Waals surface area contributed by atoms with E-state index in [-0.39, 0.29) is 16.6 Å². The van der Waals surface area contributed by atoms with Crippen LogP contribution in [0.15, 0.2) is 6.07 Å². The zero-order valence-electron chi connectivity index (χ0n) is 10.9. The smallest absolute Gasteiger partial charge is 0.255 e. The molecule has 0 aromatic carbocycles. The van der Waals surface area contributed by atoms with Crippen LogP contribution in [-0.4, -0.2) is 22.8 Å². The first kappa shape index (κ1) is 16.7.